The molecule has 0 aliphatic carbocycles. The van der Waals surface area contributed by atoms with Crippen molar-refractivity contribution in [2.75, 3.05) is 11.9 Å². The maximum Gasteiger partial charge on any atom is 0.294 e. The maximum absolute atomic E-state index is 12.0. The lowest BCUT2D eigenvalue weighted by atomic mass is 10.2. The number of amides is 1. The first kappa shape index (κ1) is 14.9. The molecular weight excluding hydrogens is 348 g/mol. The Kier molecular flexibility index (Phi) is 4.67. The lowest BCUT2D eigenvalue weighted by molar-refractivity contribution is 0.0987. The second kappa shape index (κ2) is 6.28. The third-order valence-electron chi connectivity index (χ3n) is 2.40. The highest BCUT2D eigenvalue weighted by molar-refractivity contribution is 9.10. The third-order valence-corrected chi connectivity index (χ3v) is 3.20. The van der Waals surface area contributed by atoms with Crippen molar-refractivity contribution in [1.82, 2.24) is 5.16 Å². The van der Waals surface area contributed by atoms with Gasteiger partial charge >= 0.3 is 0 Å². The summed E-state index contributed by atoms with van der Waals surface area (Å²) in [5.41, 5.74) is 1.10. The quantitative estimate of drug-likeness (QED) is 0.894. The SMILES string of the molecule is CCOc1c(Br)cc(Cl)cc1NC(=O)c1cc(C)no1. The molecule has 0 fully saturated rings. The lowest BCUT2D eigenvalue weighted by Crippen LogP contribution is -2.12. The second-order valence-corrected chi connectivity index (χ2v) is 5.27. The van der Waals surface area contributed by atoms with Gasteiger partial charge in [-0.2, -0.15) is 0 Å². The number of nitrogens with zero attached hydrogens (tertiary/aromatic N) is 1. The third kappa shape index (κ3) is 3.32. The molecule has 0 radical (unpaired) electrons. The zero-order valence-corrected chi connectivity index (χ0v) is 13.2. The van der Waals surface area contributed by atoms with Crippen molar-refractivity contribution in [3.8, 4) is 5.75 Å². The van der Waals surface area contributed by atoms with E-state index in [1.54, 1.807) is 25.1 Å². The Morgan fingerprint density at radius 1 is 1.50 bits per heavy atom. The average Bonchev–Trinajstić information content (AvgIpc) is 2.80. The largest absolute Gasteiger partial charge is 0.491 e. The summed E-state index contributed by atoms with van der Waals surface area (Å²) in [6, 6.07) is 4.86. The molecule has 0 saturated heterocycles. The summed E-state index contributed by atoms with van der Waals surface area (Å²) < 4.78 is 11.1. The zero-order chi connectivity index (χ0) is 14.7. The van der Waals surface area contributed by atoms with Crippen LogP contribution in [0.1, 0.15) is 23.2 Å². The second-order valence-electron chi connectivity index (χ2n) is 3.98. The van der Waals surface area contributed by atoms with Crippen molar-refractivity contribution in [2.24, 2.45) is 0 Å². The molecule has 2 aromatic rings. The molecule has 1 N–H and O–H groups in total. The molecule has 0 unspecified atom stereocenters. The van der Waals surface area contributed by atoms with E-state index in [2.05, 4.69) is 26.4 Å². The van der Waals surface area contributed by atoms with E-state index in [9.17, 15) is 4.79 Å². The van der Waals surface area contributed by atoms with Gasteiger partial charge in [-0.3, -0.25) is 4.79 Å². The lowest BCUT2D eigenvalue weighted by Gasteiger charge is -2.13. The molecule has 0 saturated carbocycles. The van der Waals surface area contributed by atoms with Gasteiger partial charge in [0.1, 0.15) is 0 Å². The number of ether oxygens (including phenoxy) is 1. The molecule has 0 spiro atoms. The Morgan fingerprint density at radius 2 is 2.25 bits per heavy atom. The first-order valence-electron chi connectivity index (χ1n) is 5.87. The molecule has 106 valence electrons. The van der Waals surface area contributed by atoms with E-state index < -0.39 is 5.91 Å². The number of hydrogen-bond donors (Lipinski definition) is 1. The molecule has 1 heterocycles. The summed E-state index contributed by atoms with van der Waals surface area (Å²) in [5.74, 6) is 0.225. The number of carbonyl (C=O) groups is 1. The number of carbonyl (C=O) groups excluding carboxylic acids is 1. The van der Waals surface area contributed by atoms with Gasteiger partial charge in [0.15, 0.2) is 5.75 Å². The fraction of sp³-hybridized carbons (Fsp3) is 0.231. The van der Waals surface area contributed by atoms with Crippen LogP contribution in [0.5, 0.6) is 5.75 Å². The minimum absolute atomic E-state index is 0.126. The molecular formula is C13H12BrClN2O3. The number of rotatable bonds is 4. The van der Waals surface area contributed by atoms with Gasteiger partial charge in [-0.1, -0.05) is 16.8 Å². The molecule has 7 heteroatoms. The van der Waals surface area contributed by atoms with Crippen LogP contribution in [0.3, 0.4) is 0 Å². The highest BCUT2D eigenvalue weighted by Gasteiger charge is 2.16. The molecule has 0 bridgehead atoms. The van der Waals surface area contributed by atoms with Crippen molar-refractivity contribution in [2.45, 2.75) is 13.8 Å². The number of benzene rings is 1. The normalized spacial score (nSPS) is 10.4. The molecule has 1 amide bonds. The van der Waals surface area contributed by atoms with Crippen LogP contribution in [0.4, 0.5) is 5.69 Å². The van der Waals surface area contributed by atoms with Crippen LogP contribution < -0.4 is 10.1 Å². The van der Waals surface area contributed by atoms with Gasteiger partial charge in [-0.05, 0) is 41.9 Å². The molecule has 0 aliphatic heterocycles. The molecule has 0 atom stereocenters. The monoisotopic (exact) mass is 358 g/mol. The number of nitrogens with one attached hydrogen (secondary N) is 1. The Hall–Kier alpha value is -1.53. The predicted octanol–water partition coefficient (Wildman–Crippen LogP) is 4.05. The summed E-state index contributed by atoms with van der Waals surface area (Å²) >= 11 is 9.34. The Labute approximate surface area is 129 Å². The van der Waals surface area contributed by atoms with Gasteiger partial charge in [-0.15, -0.1) is 0 Å². The Bertz CT molecular complexity index is 643. The van der Waals surface area contributed by atoms with Gasteiger partial charge in [0.05, 0.1) is 22.5 Å². The van der Waals surface area contributed by atoms with Gasteiger partial charge in [-0.25, -0.2) is 0 Å². The molecule has 1 aromatic carbocycles. The highest BCUT2D eigenvalue weighted by Crippen LogP contribution is 2.36. The maximum atomic E-state index is 12.0. The van der Waals surface area contributed by atoms with Gasteiger partial charge in [0.25, 0.3) is 5.91 Å². The number of halogens is 2. The fourth-order valence-corrected chi connectivity index (χ4v) is 2.52. The van der Waals surface area contributed by atoms with Crippen LogP contribution in [0.2, 0.25) is 5.02 Å². The molecule has 0 aliphatic rings. The van der Waals surface area contributed by atoms with Gasteiger partial charge in [0.2, 0.25) is 5.76 Å². The van der Waals surface area contributed by atoms with E-state index in [1.165, 1.54) is 0 Å². The van der Waals surface area contributed by atoms with E-state index in [0.717, 1.165) is 0 Å². The first-order valence-corrected chi connectivity index (χ1v) is 7.05. The minimum Gasteiger partial charge on any atom is -0.491 e. The summed E-state index contributed by atoms with van der Waals surface area (Å²) in [5, 5.41) is 6.84. The first-order chi connectivity index (χ1) is 9.51. The topological polar surface area (TPSA) is 64.4 Å². The highest BCUT2D eigenvalue weighted by atomic mass is 79.9. The van der Waals surface area contributed by atoms with E-state index in [0.29, 0.717) is 33.2 Å². The van der Waals surface area contributed by atoms with E-state index >= 15 is 0 Å². The summed E-state index contributed by atoms with van der Waals surface area (Å²) in [6.45, 7) is 4.05. The number of aryl methyl sites for hydroxylation is 1. The van der Waals surface area contributed by atoms with Crippen LogP contribution in [-0.4, -0.2) is 17.7 Å². The van der Waals surface area contributed by atoms with Gasteiger partial charge < -0.3 is 14.6 Å². The average molecular weight is 360 g/mol. The van der Waals surface area contributed by atoms with Crippen molar-refractivity contribution < 1.29 is 14.1 Å². The van der Waals surface area contributed by atoms with Crippen molar-refractivity contribution in [3.05, 3.63) is 39.1 Å². The number of hydrogen-bond acceptors (Lipinski definition) is 4. The zero-order valence-electron chi connectivity index (χ0n) is 10.9. The molecule has 5 nitrogen and oxygen atoms in total. The molecule has 20 heavy (non-hydrogen) atoms. The summed E-state index contributed by atoms with van der Waals surface area (Å²) in [7, 11) is 0. The van der Waals surface area contributed by atoms with Crippen LogP contribution in [-0.2, 0) is 0 Å². The van der Waals surface area contributed by atoms with Crippen LogP contribution in [0, 0.1) is 6.92 Å². The number of aromatic nitrogens is 1. The van der Waals surface area contributed by atoms with Crippen LogP contribution in [0.25, 0.3) is 0 Å². The smallest absolute Gasteiger partial charge is 0.294 e. The Balaban J connectivity index is 2.30. The predicted molar refractivity (Wildman–Crippen MR) is 79.5 cm³/mol. The van der Waals surface area contributed by atoms with Crippen molar-refractivity contribution >= 4 is 39.1 Å². The van der Waals surface area contributed by atoms with E-state index in [-0.39, 0.29) is 5.76 Å². The van der Waals surface area contributed by atoms with E-state index in [1.807, 2.05) is 6.92 Å². The Morgan fingerprint density at radius 3 is 2.85 bits per heavy atom. The minimum atomic E-state index is -0.416. The van der Waals surface area contributed by atoms with Gasteiger partial charge in [0, 0.05) is 11.1 Å². The van der Waals surface area contributed by atoms with Crippen molar-refractivity contribution in [3.63, 3.8) is 0 Å². The van der Waals surface area contributed by atoms with Crippen molar-refractivity contribution in [1.29, 1.82) is 0 Å². The standard InChI is InChI=1S/C13H12BrClN2O3/c1-3-19-12-9(14)5-8(15)6-10(12)16-13(18)11-4-7(2)17-20-11/h4-6H,3H2,1-2H3,(H,16,18). The van der Waals surface area contributed by atoms with E-state index in [4.69, 9.17) is 20.9 Å². The van der Waals surface area contributed by atoms with Crippen LogP contribution in [0.15, 0.2) is 27.2 Å². The fourth-order valence-electron chi connectivity index (χ4n) is 1.60. The summed E-state index contributed by atoms with van der Waals surface area (Å²) in [6.07, 6.45) is 0. The van der Waals surface area contributed by atoms with Crippen LogP contribution >= 0.6 is 27.5 Å². The number of anilines is 1. The summed E-state index contributed by atoms with van der Waals surface area (Å²) in [4.78, 5) is 12.0. The molecule has 1 aromatic heterocycles. The molecule has 2 rings (SSSR count).